The Labute approximate surface area is 111 Å². The lowest BCUT2D eigenvalue weighted by Gasteiger charge is -2.07. The van der Waals surface area contributed by atoms with Crippen molar-refractivity contribution in [3.05, 3.63) is 22.3 Å². The molecule has 0 N–H and O–H groups in total. The average Bonchev–Trinajstić information content (AvgIpc) is 2.27. The molecule has 0 amide bonds. The molecule has 6 heteroatoms. The van der Waals surface area contributed by atoms with Crippen LogP contribution >= 0.6 is 15.9 Å². The highest BCUT2D eigenvalue weighted by molar-refractivity contribution is 9.10. The third kappa shape index (κ3) is 3.89. The Morgan fingerprint density at radius 1 is 1.53 bits per heavy atom. The van der Waals surface area contributed by atoms with Crippen LogP contribution in [-0.4, -0.2) is 28.0 Å². The van der Waals surface area contributed by atoms with E-state index in [1.54, 1.807) is 6.07 Å². The third-order valence-corrected chi connectivity index (χ3v) is 4.52. The number of methoxy groups -OCH3 is 1. The van der Waals surface area contributed by atoms with Gasteiger partial charge < -0.3 is 4.74 Å². The summed E-state index contributed by atoms with van der Waals surface area (Å²) in [5.41, 5.74) is 0.169. The molecule has 1 heterocycles. The Balaban J connectivity index is 3.06. The Hall–Kier alpha value is -0.750. The van der Waals surface area contributed by atoms with Crippen LogP contribution < -0.4 is 0 Å². The molecule has 0 radical (unpaired) electrons. The standard InChI is InChI=1S/C11H14BrNO3S/c1-7(2)6-17(15)10-8(12)4-5-9(13-10)11(14)16-3/h4-5,7H,6H2,1-3H3. The molecule has 0 aliphatic rings. The normalized spacial score (nSPS) is 12.5. The van der Waals surface area contributed by atoms with Gasteiger partial charge >= 0.3 is 5.97 Å². The number of rotatable bonds is 4. The second kappa shape index (κ2) is 6.26. The van der Waals surface area contributed by atoms with E-state index in [4.69, 9.17) is 0 Å². The van der Waals surface area contributed by atoms with Gasteiger partial charge in [0.2, 0.25) is 0 Å². The summed E-state index contributed by atoms with van der Waals surface area (Å²) >= 11 is 3.28. The number of ether oxygens (including phenoxy) is 1. The number of nitrogens with zero attached hydrogens (tertiary/aromatic N) is 1. The molecular weight excluding hydrogens is 306 g/mol. The van der Waals surface area contributed by atoms with Gasteiger partial charge in [0.25, 0.3) is 0 Å². The van der Waals surface area contributed by atoms with Gasteiger partial charge in [0.05, 0.1) is 22.4 Å². The van der Waals surface area contributed by atoms with Crippen molar-refractivity contribution in [1.29, 1.82) is 0 Å². The highest BCUT2D eigenvalue weighted by Crippen LogP contribution is 2.20. The number of pyridine rings is 1. The second-order valence-electron chi connectivity index (χ2n) is 3.88. The smallest absolute Gasteiger partial charge is 0.356 e. The zero-order valence-corrected chi connectivity index (χ0v) is 12.3. The van der Waals surface area contributed by atoms with Crippen molar-refractivity contribution in [3.63, 3.8) is 0 Å². The largest absolute Gasteiger partial charge is 0.464 e. The Morgan fingerprint density at radius 2 is 2.18 bits per heavy atom. The number of halogens is 1. The molecule has 0 spiro atoms. The van der Waals surface area contributed by atoms with Crippen molar-refractivity contribution in [3.8, 4) is 0 Å². The summed E-state index contributed by atoms with van der Waals surface area (Å²) in [5.74, 6) is 0.280. The first-order chi connectivity index (χ1) is 7.95. The van der Waals surface area contributed by atoms with E-state index in [1.165, 1.54) is 13.2 Å². The van der Waals surface area contributed by atoms with Crippen LogP contribution in [0.25, 0.3) is 0 Å². The van der Waals surface area contributed by atoms with Gasteiger partial charge in [0.15, 0.2) is 0 Å². The highest BCUT2D eigenvalue weighted by atomic mass is 79.9. The summed E-state index contributed by atoms with van der Waals surface area (Å²) in [6.07, 6.45) is 0. The van der Waals surface area contributed by atoms with E-state index >= 15 is 0 Å². The van der Waals surface area contributed by atoms with Crippen molar-refractivity contribution in [1.82, 2.24) is 4.98 Å². The number of aromatic nitrogens is 1. The maximum absolute atomic E-state index is 12.0. The molecule has 0 aromatic carbocycles. The molecule has 1 unspecified atom stereocenters. The minimum absolute atomic E-state index is 0.169. The van der Waals surface area contributed by atoms with Crippen LogP contribution in [0.1, 0.15) is 24.3 Å². The van der Waals surface area contributed by atoms with E-state index in [9.17, 15) is 9.00 Å². The zero-order chi connectivity index (χ0) is 13.0. The van der Waals surface area contributed by atoms with E-state index < -0.39 is 16.8 Å². The van der Waals surface area contributed by atoms with Crippen LogP contribution in [0.2, 0.25) is 0 Å². The van der Waals surface area contributed by atoms with Crippen LogP contribution in [0, 0.1) is 5.92 Å². The fourth-order valence-electron chi connectivity index (χ4n) is 1.18. The number of esters is 1. The molecule has 0 aliphatic heterocycles. The number of carbonyl (C=O) groups excluding carboxylic acids is 1. The first-order valence-corrected chi connectivity index (χ1v) is 7.20. The van der Waals surface area contributed by atoms with Gasteiger partial charge in [0.1, 0.15) is 10.7 Å². The van der Waals surface area contributed by atoms with E-state index in [2.05, 4.69) is 25.7 Å². The number of hydrogen-bond acceptors (Lipinski definition) is 4. The molecule has 1 rings (SSSR count). The van der Waals surface area contributed by atoms with Crippen molar-refractivity contribution in [2.45, 2.75) is 18.9 Å². The lowest BCUT2D eigenvalue weighted by molar-refractivity contribution is 0.0593. The molecule has 4 nitrogen and oxygen atoms in total. The Kier molecular flexibility index (Phi) is 5.27. The van der Waals surface area contributed by atoms with Gasteiger partial charge in [-0.25, -0.2) is 9.78 Å². The summed E-state index contributed by atoms with van der Waals surface area (Å²) in [4.78, 5) is 15.4. The van der Waals surface area contributed by atoms with Crippen molar-refractivity contribution in [2.75, 3.05) is 12.9 Å². The molecule has 0 saturated carbocycles. The van der Waals surface area contributed by atoms with Gasteiger partial charge in [-0.15, -0.1) is 0 Å². The topological polar surface area (TPSA) is 56.3 Å². The van der Waals surface area contributed by atoms with Gasteiger partial charge in [-0.3, -0.25) is 4.21 Å². The van der Waals surface area contributed by atoms with Crippen LogP contribution in [0.4, 0.5) is 0 Å². The van der Waals surface area contributed by atoms with Gasteiger partial charge in [-0.05, 0) is 34.0 Å². The first kappa shape index (κ1) is 14.3. The van der Waals surface area contributed by atoms with Gasteiger partial charge in [-0.2, -0.15) is 0 Å². The first-order valence-electron chi connectivity index (χ1n) is 5.09. The molecule has 94 valence electrons. The summed E-state index contributed by atoms with van der Waals surface area (Å²) in [7, 11) is 0.0688. The zero-order valence-electron chi connectivity index (χ0n) is 9.90. The number of hydrogen-bond donors (Lipinski definition) is 0. The van der Waals surface area contributed by atoms with Crippen molar-refractivity contribution >= 4 is 32.7 Å². The second-order valence-corrected chi connectivity index (χ2v) is 6.15. The minimum atomic E-state index is -1.22. The van der Waals surface area contributed by atoms with E-state index in [0.29, 0.717) is 21.2 Å². The Morgan fingerprint density at radius 3 is 2.71 bits per heavy atom. The quantitative estimate of drug-likeness (QED) is 0.800. The summed E-state index contributed by atoms with van der Waals surface area (Å²) in [6, 6.07) is 3.19. The molecule has 1 aromatic heterocycles. The fourth-order valence-corrected chi connectivity index (χ4v) is 3.19. The monoisotopic (exact) mass is 319 g/mol. The van der Waals surface area contributed by atoms with E-state index in [-0.39, 0.29) is 5.69 Å². The predicted molar refractivity (Wildman–Crippen MR) is 69.4 cm³/mol. The SMILES string of the molecule is COC(=O)c1ccc(Br)c(S(=O)CC(C)C)n1. The van der Waals surface area contributed by atoms with Gasteiger partial charge in [-0.1, -0.05) is 13.8 Å². The Bertz CT molecular complexity index is 448. The lowest BCUT2D eigenvalue weighted by atomic mass is 10.3. The van der Waals surface area contributed by atoms with Crippen LogP contribution in [0.5, 0.6) is 0 Å². The highest BCUT2D eigenvalue weighted by Gasteiger charge is 2.16. The van der Waals surface area contributed by atoms with E-state index in [1.807, 2.05) is 13.8 Å². The molecule has 17 heavy (non-hydrogen) atoms. The molecule has 1 aromatic rings. The summed E-state index contributed by atoms with van der Waals surface area (Å²) in [5, 5.41) is 0.390. The molecular formula is C11H14BrNO3S. The van der Waals surface area contributed by atoms with Crippen LogP contribution in [-0.2, 0) is 15.5 Å². The maximum atomic E-state index is 12.0. The average molecular weight is 320 g/mol. The summed E-state index contributed by atoms with van der Waals surface area (Å²) < 4.78 is 17.2. The number of carbonyl (C=O) groups is 1. The predicted octanol–water partition coefficient (Wildman–Crippen LogP) is 2.39. The van der Waals surface area contributed by atoms with Crippen LogP contribution in [0.15, 0.2) is 21.6 Å². The van der Waals surface area contributed by atoms with Crippen LogP contribution in [0.3, 0.4) is 0 Å². The lowest BCUT2D eigenvalue weighted by Crippen LogP contribution is -2.11. The van der Waals surface area contributed by atoms with Crippen molar-refractivity contribution in [2.24, 2.45) is 5.92 Å². The molecule has 0 bridgehead atoms. The fraction of sp³-hybridized carbons (Fsp3) is 0.455. The van der Waals surface area contributed by atoms with Gasteiger partial charge in [0, 0.05) is 5.75 Å². The summed E-state index contributed by atoms with van der Waals surface area (Å²) in [6.45, 7) is 3.96. The molecule has 1 atom stereocenters. The molecule has 0 aliphatic carbocycles. The molecule has 0 saturated heterocycles. The van der Waals surface area contributed by atoms with E-state index in [0.717, 1.165) is 0 Å². The van der Waals surface area contributed by atoms with Crippen molar-refractivity contribution < 1.29 is 13.7 Å². The maximum Gasteiger partial charge on any atom is 0.356 e. The molecule has 0 fully saturated rings. The third-order valence-electron chi connectivity index (χ3n) is 1.91. The minimum Gasteiger partial charge on any atom is -0.464 e.